The largest absolute Gasteiger partial charge is 0.435 e. The molecule has 0 atom stereocenters. The maximum Gasteiger partial charge on any atom is 0.435 e. The number of nitrogen functional groups attached to an aromatic ring is 1. The van der Waals surface area contributed by atoms with E-state index in [1.165, 1.54) is 19.2 Å². The minimum Gasteiger partial charge on any atom is -0.383 e. The van der Waals surface area contributed by atoms with Crippen molar-refractivity contribution in [1.82, 2.24) is 14.8 Å². The summed E-state index contributed by atoms with van der Waals surface area (Å²) in [6.07, 6.45) is -3.70. The Morgan fingerprint density at radius 1 is 1.18 bits per heavy atom. The zero-order valence-electron chi connectivity index (χ0n) is 15.0. The van der Waals surface area contributed by atoms with Crippen LogP contribution in [-0.4, -0.2) is 20.7 Å². The number of aromatic nitrogens is 3. The van der Waals surface area contributed by atoms with E-state index in [9.17, 15) is 18.0 Å². The topological polar surface area (TPSA) is 85.8 Å². The number of benzene rings is 1. The number of carbonyl (C=O) groups excluding carboxylic acids is 1. The molecule has 0 bridgehead atoms. The first kappa shape index (κ1) is 19.4. The number of nitrogens with zero attached hydrogens (tertiary/aromatic N) is 3. The van der Waals surface area contributed by atoms with Crippen LogP contribution in [0.4, 0.5) is 24.8 Å². The van der Waals surface area contributed by atoms with Gasteiger partial charge in [-0.15, -0.1) is 0 Å². The van der Waals surface area contributed by atoms with E-state index in [1.807, 2.05) is 30.3 Å². The van der Waals surface area contributed by atoms with Crippen molar-refractivity contribution in [3.05, 3.63) is 59.8 Å². The number of hydrogen-bond acceptors (Lipinski definition) is 4. The maximum atomic E-state index is 12.8. The molecule has 1 aromatic carbocycles. The fourth-order valence-electron chi connectivity index (χ4n) is 2.73. The number of anilines is 2. The Labute approximate surface area is 159 Å². The fourth-order valence-corrected chi connectivity index (χ4v) is 2.73. The lowest BCUT2D eigenvalue weighted by molar-refractivity contribution is -0.141. The molecule has 0 unspecified atom stereocenters. The average Bonchev–Trinajstić information content (AvgIpc) is 3.03. The van der Waals surface area contributed by atoms with E-state index >= 15 is 0 Å². The molecule has 0 aliphatic carbocycles. The first-order chi connectivity index (χ1) is 13.2. The van der Waals surface area contributed by atoms with Crippen LogP contribution in [0, 0.1) is 0 Å². The number of alkyl halides is 3. The first-order valence-corrected chi connectivity index (χ1v) is 8.46. The molecule has 6 nitrogen and oxygen atoms in total. The molecule has 0 saturated carbocycles. The van der Waals surface area contributed by atoms with Gasteiger partial charge in [0.1, 0.15) is 11.6 Å². The zero-order chi connectivity index (χ0) is 20.3. The van der Waals surface area contributed by atoms with Gasteiger partial charge in [0.15, 0.2) is 5.69 Å². The molecule has 2 heterocycles. The van der Waals surface area contributed by atoms with Crippen molar-refractivity contribution in [1.29, 1.82) is 0 Å². The van der Waals surface area contributed by atoms with Crippen LogP contribution in [0.3, 0.4) is 0 Å². The normalized spacial score (nSPS) is 11.4. The standard InChI is InChI=1S/C19H18F3N5O/c1-27-14(11-15(26-27)19(20,21)22)13-8-9-16(25-18(13)23)24-17(28)10-7-12-5-3-2-4-6-12/h2-6,8-9,11H,7,10H2,1H3,(H3,23,24,25,28). The van der Waals surface area contributed by atoms with E-state index in [4.69, 9.17) is 5.73 Å². The summed E-state index contributed by atoms with van der Waals surface area (Å²) in [5, 5.41) is 6.11. The number of rotatable bonds is 5. The highest BCUT2D eigenvalue weighted by Crippen LogP contribution is 2.33. The number of halogens is 3. The van der Waals surface area contributed by atoms with Gasteiger partial charge in [0.25, 0.3) is 0 Å². The van der Waals surface area contributed by atoms with Crippen molar-refractivity contribution in [2.24, 2.45) is 7.05 Å². The minimum absolute atomic E-state index is 0.00224. The van der Waals surface area contributed by atoms with Crippen molar-refractivity contribution in [3.63, 3.8) is 0 Å². The highest BCUT2D eigenvalue weighted by atomic mass is 19.4. The number of carbonyl (C=O) groups is 1. The van der Waals surface area contributed by atoms with Crippen LogP contribution in [0.2, 0.25) is 0 Å². The van der Waals surface area contributed by atoms with Gasteiger partial charge in [-0.1, -0.05) is 30.3 Å². The highest BCUT2D eigenvalue weighted by molar-refractivity contribution is 5.90. The fraction of sp³-hybridized carbons (Fsp3) is 0.211. The molecule has 2 aromatic heterocycles. The maximum absolute atomic E-state index is 12.8. The molecule has 3 rings (SSSR count). The van der Waals surface area contributed by atoms with Crippen molar-refractivity contribution in [2.75, 3.05) is 11.1 Å². The van der Waals surface area contributed by atoms with Crippen LogP contribution >= 0.6 is 0 Å². The second kappa shape index (κ2) is 7.71. The van der Waals surface area contributed by atoms with Crippen molar-refractivity contribution in [3.8, 4) is 11.3 Å². The number of aryl methyl sites for hydroxylation is 2. The van der Waals surface area contributed by atoms with Gasteiger partial charge >= 0.3 is 6.18 Å². The summed E-state index contributed by atoms with van der Waals surface area (Å²) >= 11 is 0. The predicted molar refractivity (Wildman–Crippen MR) is 99.2 cm³/mol. The number of pyridine rings is 1. The van der Waals surface area contributed by atoms with Crippen molar-refractivity contribution < 1.29 is 18.0 Å². The van der Waals surface area contributed by atoms with Crippen LogP contribution in [0.1, 0.15) is 17.7 Å². The van der Waals surface area contributed by atoms with Crippen molar-refractivity contribution in [2.45, 2.75) is 19.0 Å². The third kappa shape index (κ3) is 4.48. The van der Waals surface area contributed by atoms with Gasteiger partial charge in [0.05, 0.1) is 5.69 Å². The molecule has 0 aliphatic heterocycles. The summed E-state index contributed by atoms with van der Waals surface area (Å²) in [5.41, 5.74) is 6.40. The Morgan fingerprint density at radius 2 is 1.89 bits per heavy atom. The summed E-state index contributed by atoms with van der Waals surface area (Å²) in [5.74, 6) is -0.00139. The number of hydrogen-bond donors (Lipinski definition) is 2. The summed E-state index contributed by atoms with van der Waals surface area (Å²) in [6.45, 7) is 0. The smallest absolute Gasteiger partial charge is 0.383 e. The van der Waals surface area contributed by atoms with Gasteiger partial charge in [0, 0.05) is 19.0 Å². The summed E-state index contributed by atoms with van der Waals surface area (Å²) in [4.78, 5) is 16.2. The summed E-state index contributed by atoms with van der Waals surface area (Å²) in [7, 11) is 1.39. The second-order valence-corrected chi connectivity index (χ2v) is 6.20. The lowest BCUT2D eigenvalue weighted by atomic mass is 10.1. The second-order valence-electron chi connectivity index (χ2n) is 6.20. The van der Waals surface area contributed by atoms with E-state index in [0.29, 0.717) is 12.0 Å². The Kier molecular flexibility index (Phi) is 5.34. The van der Waals surface area contributed by atoms with E-state index in [-0.39, 0.29) is 29.7 Å². The zero-order valence-corrected chi connectivity index (χ0v) is 15.0. The van der Waals surface area contributed by atoms with Gasteiger partial charge < -0.3 is 11.1 Å². The first-order valence-electron chi connectivity index (χ1n) is 8.46. The van der Waals surface area contributed by atoms with Crippen LogP contribution in [0.5, 0.6) is 0 Å². The van der Waals surface area contributed by atoms with Crippen LogP contribution < -0.4 is 11.1 Å². The lowest BCUT2D eigenvalue weighted by Crippen LogP contribution is -2.14. The lowest BCUT2D eigenvalue weighted by Gasteiger charge is -2.09. The van der Waals surface area contributed by atoms with E-state index < -0.39 is 11.9 Å². The highest BCUT2D eigenvalue weighted by Gasteiger charge is 2.34. The molecule has 9 heteroatoms. The van der Waals surface area contributed by atoms with Gasteiger partial charge in [-0.25, -0.2) is 4.98 Å². The predicted octanol–water partition coefficient (Wildman–Crippen LogP) is 3.65. The Morgan fingerprint density at radius 3 is 2.50 bits per heavy atom. The van der Waals surface area contributed by atoms with Gasteiger partial charge in [-0.3, -0.25) is 9.48 Å². The molecule has 0 spiro atoms. The third-order valence-corrected chi connectivity index (χ3v) is 4.12. The molecular weight excluding hydrogens is 371 g/mol. The number of nitrogens with one attached hydrogen (secondary N) is 1. The minimum atomic E-state index is -4.55. The number of amides is 1. The molecule has 0 aliphatic rings. The molecule has 0 fully saturated rings. The van der Waals surface area contributed by atoms with Crippen LogP contribution in [-0.2, 0) is 24.4 Å². The Bertz CT molecular complexity index is 983. The quantitative estimate of drug-likeness (QED) is 0.697. The molecule has 146 valence electrons. The molecule has 3 aromatic rings. The molecular formula is C19H18F3N5O. The van der Waals surface area contributed by atoms with E-state index in [0.717, 1.165) is 16.3 Å². The van der Waals surface area contributed by atoms with Crippen LogP contribution in [0.25, 0.3) is 11.3 Å². The van der Waals surface area contributed by atoms with E-state index in [2.05, 4.69) is 15.4 Å². The molecule has 28 heavy (non-hydrogen) atoms. The molecule has 3 N–H and O–H groups in total. The monoisotopic (exact) mass is 389 g/mol. The number of nitrogens with two attached hydrogens (primary N) is 1. The summed E-state index contributed by atoms with van der Waals surface area (Å²) < 4.78 is 39.6. The van der Waals surface area contributed by atoms with Crippen LogP contribution in [0.15, 0.2) is 48.5 Å². The molecule has 0 saturated heterocycles. The van der Waals surface area contributed by atoms with Gasteiger partial charge in [-0.05, 0) is 30.2 Å². The SMILES string of the molecule is Cn1nc(C(F)(F)F)cc1-c1ccc(NC(=O)CCc2ccccc2)nc1N. The van der Waals surface area contributed by atoms with Gasteiger partial charge in [0.2, 0.25) is 5.91 Å². The summed E-state index contributed by atoms with van der Waals surface area (Å²) in [6, 6.07) is 13.5. The third-order valence-electron chi connectivity index (χ3n) is 4.12. The van der Waals surface area contributed by atoms with Crippen molar-refractivity contribution >= 4 is 17.5 Å². The van der Waals surface area contributed by atoms with E-state index in [1.54, 1.807) is 0 Å². The molecule has 1 amide bonds. The average molecular weight is 389 g/mol. The Hall–Kier alpha value is -3.36. The van der Waals surface area contributed by atoms with Gasteiger partial charge in [-0.2, -0.15) is 18.3 Å². The Balaban J connectivity index is 1.70. The molecule has 0 radical (unpaired) electrons.